The van der Waals surface area contributed by atoms with Crippen molar-refractivity contribution < 1.29 is 19.0 Å². The van der Waals surface area contributed by atoms with Crippen LogP contribution in [-0.4, -0.2) is 19.3 Å². The number of halogens is 1. The molecule has 0 atom stereocenters. The van der Waals surface area contributed by atoms with E-state index in [4.69, 9.17) is 9.47 Å². The highest BCUT2D eigenvalue weighted by Gasteiger charge is 2.19. The van der Waals surface area contributed by atoms with Crippen LogP contribution in [0, 0.1) is 5.82 Å². The molecule has 0 aliphatic carbocycles. The van der Waals surface area contributed by atoms with Crippen LogP contribution in [-0.2, 0) is 6.42 Å². The van der Waals surface area contributed by atoms with Crippen molar-refractivity contribution in [2.75, 3.05) is 14.2 Å². The quantitative estimate of drug-likeness (QED) is 0.781. The number of phenolic OH excluding ortho intramolecular Hbond substituents is 1. The molecule has 23 heavy (non-hydrogen) atoms. The van der Waals surface area contributed by atoms with Gasteiger partial charge in [0, 0.05) is 17.9 Å². The first-order valence-corrected chi connectivity index (χ1v) is 7.24. The number of methoxy groups -OCH3 is 2. The SMILES string of the molecule is COc1cc(F)c(OC)c2c(O)c(Cc3ccccc3)ccc12. The van der Waals surface area contributed by atoms with E-state index in [2.05, 4.69) is 0 Å². The molecule has 3 rings (SSSR count). The van der Waals surface area contributed by atoms with Gasteiger partial charge < -0.3 is 14.6 Å². The monoisotopic (exact) mass is 312 g/mol. The van der Waals surface area contributed by atoms with Crippen molar-refractivity contribution in [2.24, 2.45) is 0 Å². The number of aromatic hydroxyl groups is 1. The first kappa shape index (κ1) is 15.2. The van der Waals surface area contributed by atoms with Crippen LogP contribution in [0.25, 0.3) is 10.8 Å². The first-order chi connectivity index (χ1) is 11.2. The predicted molar refractivity (Wildman–Crippen MR) is 87.9 cm³/mol. The average Bonchev–Trinajstić information content (AvgIpc) is 2.58. The minimum absolute atomic E-state index is 0.0148. The van der Waals surface area contributed by atoms with Gasteiger partial charge in [0.25, 0.3) is 0 Å². The summed E-state index contributed by atoms with van der Waals surface area (Å²) in [6, 6.07) is 14.7. The van der Waals surface area contributed by atoms with E-state index >= 15 is 0 Å². The van der Waals surface area contributed by atoms with Crippen molar-refractivity contribution in [3.63, 3.8) is 0 Å². The Balaban J connectivity index is 2.21. The maximum absolute atomic E-state index is 14.2. The summed E-state index contributed by atoms with van der Waals surface area (Å²) in [6.07, 6.45) is 0.546. The summed E-state index contributed by atoms with van der Waals surface area (Å²) in [5, 5.41) is 11.6. The Labute approximate surface area is 133 Å². The Kier molecular flexibility index (Phi) is 4.06. The van der Waals surface area contributed by atoms with Crippen LogP contribution in [0.1, 0.15) is 11.1 Å². The van der Waals surface area contributed by atoms with Crippen molar-refractivity contribution in [1.29, 1.82) is 0 Å². The summed E-state index contributed by atoms with van der Waals surface area (Å²) in [4.78, 5) is 0. The maximum Gasteiger partial charge on any atom is 0.169 e. The van der Waals surface area contributed by atoms with Gasteiger partial charge in [-0.1, -0.05) is 36.4 Å². The Hall–Kier alpha value is -2.75. The summed E-state index contributed by atoms with van der Waals surface area (Å²) in [7, 11) is 2.85. The lowest BCUT2D eigenvalue weighted by molar-refractivity contribution is 0.381. The molecule has 0 saturated heterocycles. The Bertz CT molecular complexity index is 844. The molecule has 0 aromatic heterocycles. The lowest BCUT2D eigenvalue weighted by atomic mass is 9.98. The van der Waals surface area contributed by atoms with Crippen molar-refractivity contribution in [3.05, 3.63) is 65.5 Å². The zero-order valence-corrected chi connectivity index (χ0v) is 13.0. The summed E-state index contributed by atoms with van der Waals surface area (Å²) >= 11 is 0. The van der Waals surface area contributed by atoms with E-state index in [0.717, 1.165) is 5.56 Å². The molecule has 3 aromatic rings. The Morgan fingerprint density at radius 1 is 1.00 bits per heavy atom. The molecule has 3 nitrogen and oxygen atoms in total. The standard InChI is InChI=1S/C19H17FO3/c1-22-16-11-15(20)19(23-2)17-14(16)9-8-13(18(17)21)10-12-6-4-3-5-7-12/h3-9,11,21H,10H2,1-2H3. The fourth-order valence-corrected chi connectivity index (χ4v) is 2.77. The number of fused-ring (bicyclic) bond motifs is 1. The molecule has 0 amide bonds. The van der Waals surface area contributed by atoms with Crippen LogP contribution < -0.4 is 9.47 Å². The van der Waals surface area contributed by atoms with Gasteiger partial charge in [-0.3, -0.25) is 0 Å². The minimum Gasteiger partial charge on any atom is -0.507 e. The number of phenols is 1. The number of benzene rings is 3. The normalized spacial score (nSPS) is 10.7. The molecule has 0 saturated carbocycles. The topological polar surface area (TPSA) is 38.7 Å². The Morgan fingerprint density at radius 3 is 2.39 bits per heavy atom. The zero-order chi connectivity index (χ0) is 16.4. The van der Waals surface area contributed by atoms with Gasteiger partial charge in [-0.15, -0.1) is 0 Å². The third kappa shape index (κ3) is 2.68. The second kappa shape index (κ2) is 6.16. The molecular weight excluding hydrogens is 295 g/mol. The van der Waals surface area contributed by atoms with Gasteiger partial charge in [0.15, 0.2) is 11.6 Å². The fraction of sp³-hybridized carbons (Fsp3) is 0.158. The summed E-state index contributed by atoms with van der Waals surface area (Å²) in [5.74, 6) is -0.168. The van der Waals surface area contributed by atoms with Crippen molar-refractivity contribution >= 4 is 10.8 Å². The first-order valence-electron chi connectivity index (χ1n) is 7.24. The van der Waals surface area contributed by atoms with Crippen LogP contribution in [0.2, 0.25) is 0 Å². The van der Waals surface area contributed by atoms with Crippen molar-refractivity contribution in [3.8, 4) is 17.2 Å². The molecule has 0 radical (unpaired) electrons. The fourth-order valence-electron chi connectivity index (χ4n) is 2.77. The highest BCUT2D eigenvalue weighted by molar-refractivity contribution is 5.98. The van der Waals surface area contributed by atoms with E-state index < -0.39 is 5.82 Å². The summed E-state index contributed by atoms with van der Waals surface area (Å²) < 4.78 is 24.6. The lowest BCUT2D eigenvalue weighted by Gasteiger charge is -2.14. The minimum atomic E-state index is -0.566. The molecule has 0 spiro atoms. The maximum atomic E-state index is 14.2. The van der Waals surface area contributed by atoms with Crippen LogP contribution in [0.3, 0.4) is 0 Å². The number of rotatable bonds is 4. The van der Waals surface area contributed by atoms with Gasteiger partial charge in [-0.05, 0) is 17.2 Å². The molecule has 0 aliphatic heterocycles. The molecule has 0 heterocycles. The van der Waals surface area contributed by atoms with Crippen LogP contribution >= 0.6 is 0 Å². The average molecular weight is 312 g/mol. The van der Waals surface area contributed by atoms with E-state index in [-0.39, 0.29) is 11.5 Å². The summed E-state index contributed by atoms with van der Waals surface area (Å²) in [6.45, 7) is 0. The van der Waals surface area contributed by atoms with E-state index in [1.807, 2.05) is 42.5 Å². The van der Waals surface area contributed by atoms with E-state index in [1.54, 1.807) is 0 Å². The number of ether oxygens (including phenoxy) is 2. The molecule has 0 fully saturated rings. The van der Waals surface area contributed by atoms with Crippen molar-refractivity contribution in [1.82, 2.24) is 0 Å². The van der Waals surface area contributed by atoms with Gasteiger partial charge in [-0.2, -0.15) is 0 Å². The second-order valence-electron chi connectivity index (χ2n) is 5.25. The molecule has 3 aromatic carbocycles. The van der Waals surface area contributed by atoms with Gasteiger partial charge in [0.05, 0.1) is 19.6 Å². The van der Waals surface area contributed by atoms with Gasteiger partial charge in [0.1, 0.15) is 11.5 Å². The molecule has 0 unspecified atom stereocenters. The van der Waals surface area contributed by atoms with Crippen LogP contribution in [0.15, 0.2) is 48.5 Å². The van der Waals surface area contributed by atoms with Crippen LogP contribution in [0.5, 0.6) is 17.2 Å². The van der Waals surface area contributed by atoms with E-state index in [0.29, 0.717) is 28.5 Å². The predicted octanol–water partition coefficient (Wildman–Crippen LogP) is 4.29. The van der Waals surface area contributed by atoms with Gasteiger partial charge in [-0.25, -0.2) is 4.39 Å². The highest BCUT2D eigenvalue weighted by Crippen LogP contribution is 2.42. The third-order valence-corrected chi connectivity index (χ3v) is 3.89. The highest BCUT2D eigenvalue weighted by atomic mass is 19.1. The smallest absolute Gasteiger partial charge is 0.169 e. The Morgan fingerprint density at radius 2 is 1.74 bits per heavy atom. The number of hydrogen-bond donors (Lipinski definition) is 1. The molecule has 118 valence electrons. The second-order valence-corrected chi connectivity index (χ2v) is 5.25. The van der Waals surface area contributed by atoms with Crippen molar-refractivity contribution in [2.45, 2.75) is 6.42 Å². The van der Waals surface area contributed by atoms with E-state index in [1.165, 1.54) is 20.3 Å². The third-order valence-electron chi connectivity index (χ3n) is 3.89. The van der Waals surface area contributed by atoms with Crippen LogP contribution in [0.4, 0.5) is 4.39 Å². The molecule has 0 bridgehead atoms. The van der Waals surface area contributed by atoms with E-state index in [9.17, 15) is 9.50 Å². The lowest BCUT2D eigenvalue weighted by Crippen LogP contribution is -1.96. The number of hydrogen-bond acceptors (Lipinski definition) is 3. The zero-order valence-electron chi connectivity index (χ0n) is 13.0. The van der Waals surface area contributed by atoms with Gasteiger partial charge in [0.2, 0.25) is 0 Å². The molecule has 1 N–H and O–H groups in total. The molecular formula is C19H17FO3. The summed E-state index contributed by atoms with van der Waals surface area (Å²) in [5.41, 5.74) is 1.76. The molecule has 0 aliphatic rings. The van der Waals surface area contributed by atoms with Gasteiger partial charge >= 0.3 is 0 Å². The molecule has 4 heteroatoms. The largest absolute Gasteiger partial charge is 0.507 e.